The number of carbonyl (C=O) groups excluding carboxylic acids is 1. The Morgan fingerprint density at radius 1 is 1.22 bits per heavy atom. The van der Waals surface area contributed by atoms with E-state index in [1.165, 1.54) is 24.1 Å². The average Bonchev–Trinajstić information content (AvgIpc) is 3.06. The second kappa shape index (κ2) is 7.56. The van der Waals surface area contributed by atoms with Crippen LogP contribution in [0, 0.1) is 0 Å². The van der Waals surface area contributed by atoms with E-state index in [2.05, 4.69) is 31.4 Å². The van der Waals surface area contributed by atoms with Gasteiger partial charge >= 0.3 is 0 Å². The van der Waals surface area contributed by atoms with Gasteiger partial charge in [-0.05, 0) is 89.1 Å². The number of aromatic nitrogens is 1. The topological polar surface area (TPSA) is 66.5 Å². The highest BCUT2D eigenvalue weighted by Crippen LogP contribution is 2.29. The summed E-state index contributed by atoms with van der Waals surface area (Å²) in [5.41, 5.74) is 7.86. The Hall–Kier alpha value is -2.60. The molecular formula is C21H20BrN3O2. The van der Waals surface area contributed by atoms with E-state index >= 15 is 0 Å². The van der Waals surface area contributed by atoms with E-state index < -0.39 is 0 Å². The van der Waals surface area contributed by atoms with Crippen LogP contribution in [0.5, 0.6) is 5.75 Å². The minimum atomic E-state index is -0.216. The number of carbonyl (C=O) groups is 1. The SMILES string of the molecule is COc1ccc(/C=N/NC(=O)c2ccc3[nH]c4c(c3c2)CCCC4)cc1Br. The predicted octanol–water partition coefficient (Wildman–Crippen LogP) is 4.58. The molecule has 1 aliphatic rings. The molecule has 0 radical (unpaired) electrons. The number of ether oxygens (including phenoxy) is 1. The summed E-state index contributed by atoms with van der Waals surface area (Å²) in [5, 5.41) is 5.23. The third-order valence-electron chi connectivity index (χ3n) is 4.92. The van der Waals surface area contributed by atoms with Crippen LogP contribution in [0.15, 0.2) is 46.0 Å². The quantitative estimate of drug-likeness (QED) is 0.474. The molecule has 1 aromatic heterocycles. The molecular weight excluding hydrogens is 406 g/mol. The standard InChI is InChI=1S/C21H20BrN3O2/c1-27-20-9-6-13(10-17(20)22)12-23-25-21(26)14-7-8-19-16(11-14)15-4-2-3-5-18(15)24-19/h6-12,24H,2-5H2,1H3,(H,25,26)/b23-12+. The Morgan fingerprint density at radius 2 is 2.07 bits per heavy atom. The van der Waals surface area contributed by atoms with Crippen LogP contribution in [0.25, 0.3) is 10.9 Å². The number of fused-ring (bicyclic) bond motifs is 3. The molecule has 0 unspecified atom stereocenters. The molecule has 2 aromatic carbocycles. The molecule has 27 heavy (non-hydrogen) atoms. The maximum Gasteiger partial charge on any atom is 0.271 e. The largest absolute Gasteiger partial charge is 0.496 e. The lowest BCUT2D eigenvalue weighted by Crippen LogP contribution is -2.17. The Bertz CT molecular complexity index is 1040. The van der Waals surface area contributed by atoms with E-state index in [0.29, 0.717) is 5.56 Å². The summed E-state index contributed by atoms with van der Waals surface area (Å²) in [6, 6.07) is 11.4. The van der Waals surface area contributed by atoms with Crippen molar-refractivity contribution in [3.8, 4) is 5.75 Å². The number of rotatable bonds is 4. The molecule has 1 aliphatic carbocycles. The van der Waals surface area contributed by atoms with Crippen LogP contribution in [0.4, 0.5) is 0 Å². The normalized spacial score (nSPS) is 13.7. The third-order valence-corrected chi connectivity index (χ3v) is 5.54. The molecule has 4 rings (SSSR count). The van der Waals surface area contributed by atoms with Crippen molar-refractivity contribution in [2.45, 2.75) is 25.7 Å². The number of aromatic amines is 1. The van der Waals surface area contributed by atoms with Gasteiger partial charge in [0, 0.05) is 22.2 Å². The van der Waals surface area contributed by atoms with Crippen molar-refractivity contribution in [1.29, 1.82) is 0 Å². The second-order valence-electron chi connectivity index (χ2n) is 6.64. The van der Waals surface area contributed by atoms with E-state index in [1.54, 1.807) is 13.3 Å². The number of nitrogens with one attached hydrogen (secondary N) is 2. The number of hydrazone groups is 1. The number of aryl methyl sites for hydroxylation is 2. The molecule has 0 saturated heterocycles. The highest BCUT2D eigenvalue weighted by Gasteiger charge is 2.16. The number of H-pyrrole nitrogens is 1. The molecule has 5 nitrogen and oxygen atoms in total. The van der Waals surface area contributed by atoms with Crippen LogP contribution < -0.4 is 10.2 Å². The maximum atomic E-state index is 12.5. The second-order valence-corrected chi connectivity index (χ2v) is 7.50. The zero-order chi connectivity index (χ0) is 18.8. The lowest BCUT2D eigenvalue weighted by Gasteiger charge is -2.10. The number of amides is 1. The Labute approximate surface area is 165 Å². The number of benzene rings is 2. The predicted molar refractivity (Wildman–Crippen MR) is 111 cm³/mol. The van der Waals surface area contributed by atoms with E-state index in [0.717, 1.165) is 39.5 Å². The van der Waals surface area contributed by atoms with Gasteiger partial charge in [0.15, 0.2) is 0 Å². The molecule has 1 heterocycles. The smallest absolute Gasteiger partial charge is 0.271 e. The summed E-state index contributed by atoms with van der Waals surface area (Å²) in [5.74, 6) is 0.533. The van der Waals surface area contributed by atoms with Crippen LogP contribution in [0.1, 0.15) is 40.0 Å². The van der Waals surface area contributed by atoms with Gasteiger partial charge in [-0.1, -0.05) is 0 Å². The zero-order valence-electron chi connectivity index (χ0n) is 15.0. The molecule has 0 saturated carbocycles. The van der Waals surface area contributed by atoms with Crippen LogP contribution in [-0.2, 0) is 12.8 Å². The van der Waals surface area contributed by atoms with Crippen molar-refractivity contribution >= 4 is 39.0 Å². The van der Waals surface area contributed by atoms with Crippen molar-refractivity contribution in [1.82, 2.24) is 10.4 Å². The van der Waals surface area contributed by atoms with E-state index in [9.17, 15) is 4.79 Å². The molecule has 0 fully saturated rings. The summed E-state index contributed by atoms with van der Waals surface area (Å²) >= 11 is 3.44. The lowest BCUT2D eigenvalue weighted by atomic mass is 9.95. The molecule has 6 heteroatoms. The fourth-order valence-electron chi connectivity index (χ4n) is 3.54. The van der Waals surface area contributed by atoms with Gasteiger partial charge in [0.25, 0.3) is 5.91 Å². The monoisotopic (exact) mass is 425 g/mol. The number of hydrogen-bond donors (Lipinski definition) is 2. The summed E-state index contributed by atoms with van der Waals surface area (Å²) in [7, 11) is 1.62. The molecule has 0 spiro atoms. The summed E-state index contributed by atoms with van der Waals surface area (Å²) in [6.07, 6.45) is 6.21. The van der Waals surface area contributed by atoms with Crippen LogP contribution >= 0.6 is 15.9 Å². The van der Waals surface area contributed by atoms with E-state index in [4.69, 9.17) is 4.74 Å². The number of hydrogen-bond acceptors (Lipinski definition) is 3. The first-order valence-corrected chi connectivity index (χ1v) is 9.75. The number of methoxy groups -OCH3 is 1. The molecule has 0 aliphatic heterocycles. The van der Waals surface area contributed by atoms with Gasteiger partial charge in [0.05, 0.1) is 17.8 Å². The molecule has 0 atom stereocenters. The summed E-state index contributed by atoms with van der Waals surface area (Å²) in [4.78, 5) is 16.0. The Kier molecular flexibility index (Phi) is 4.99. The molecule has 1 amide bonds. The van der Waals surface area contributed by atoms with Gasteiger partial charge in [-0.15, -0.1) is 0 Å². The summed E-state index contributed by atoms with van der Waals surface area (Å²) < 4.78 is 6.04. The minimum Gasteiger partial charge on any atom is -0.496 e. The first kappa shape index (κ1) is 17.8. The number of halogens is 1. The van der Waals surface area contributed by atoms with E-state index in [1.807, 2.05) is 36.4 Å². The van der Waals surface area contributed by atoms with Gasteiger partial charge in [0.2, 0.25) is 0 Å². The van der Waals surface area contributed by atoms with Gasteiger partial charge in [-0.2, -0.15) is 5.10 Å². The first-order chi connectivity index (χ1) is 13.2. The van der Waals surface area contributed by atoms with Crippen LogP contribution in [-0.4, -0.2) is 24.2 Å². The van der Waals surface area contributed by atoms with Gasteiger partial charge in [-0.25, -0.2) is 5.43 Å². The van der Waals surface area contributed by atoms with Crippen molar-refractivity contribution in [2.75, 3.05) is 7.11 Å². The van der Waals surface area contributed by atoms with Crippen molar-refractivity contribution in [2.24, 2.45) is 5.10 Å². The van der Waals surface area contributed by atoms with Crippen molar-refractivity contribution in [3.63, 3.8) is 0 Å². The maximum absolute atomic E-state index is 12.5. The lowest BCUT2D eigenvalue weighted by molar-refractivity contribution is 0.0955. The third kappa shape index (κ3) is 3.62. The van der Waals surface area contributed by atoms with Gasteiger partial charge in [-0.3, -0.25) is 4.79 Å². The average molecular weight is 426 g/mol. The van der Waals surface area contributed by atoms with Gasteiger partial charge in [0.1, 0.15) is 5.75 Å². The molecule has 0 bridgehead atoms. The Balaban J connectivity index is 1.50. The van der Waals surface area contributed by atoms with E-state index in [-0.39, 0.29) is 5.91 Å². The summed E-state index contributed by atoms with van der Waals surface area (Å²) in [6.45, 7) is 0. The zero-order valence-corrected chi connectivity index (χ0v) is 16.6. The highest BCUT2D eigenvalue weighted by atomic mass is 79.9. The van der Waals surface area contributed by atoms with Crippen LogP contribution in [0.2, 0.25) is 0 Å². The first-order valence-electron chi connectivity index (χ1n) is 8.96. The molecule has 138 valence electrons. The molecule has 2 N–H and O–H groups in total. The minimum absolute atomic E-state index is 0.216. The Morgan fingerprint density at radius 3 is 2.89 bits per heavy atom. The van der Waals surface area contributed by atoms with Crippen LogP contribution in [0.3, 0.4) is 0 Å². The fraction of sp³-hybridized carbons (Fsp3) is 0.238. The van der Waals surface area contributed by atoms with Crippen molar-refractivity contribution in [3.05, 3.63) is 63.3 Å². The highest BCUT2D eigenvalue weighted by molar-refractivity contribution is 9.10. The number of nitrogens with zero attached hydrogens (tertiary/aromatic N) is 1. The van der Waals surface area contributed by atoms with Crippen molar-refractivity contribution < 1.29 is 9.53 Å². The fourth-order valence-corrected chi connectivity index (χ4v) is 4.10. The van der Waals surface area contributed by atoms with Gasteiger partial charge < -0.3 is 9.72 Å². The molecule has 3 aromatic rings.